The summed E-state index contributed by atoms with van der Waals surface area (Å²) in [6.07, 6.45) is 4.34. The number of rotatable bonds is 6. The van der Waals surface area contributed by atoms with E-state index in [0.29, 0.717) is 18.2 Å². The standard InChI is InChI=1S/C16H20N6O2S/c1-3-9-21-13(12-4-6-17-7-5-12)19-20-16(21)25-11(2)14(23)22-10-8-18-15(22)24/h4-7,11H,3,8-10H2,1-2H3,(H,18,24)/t11-/m0/s1. The normalized spacial score (nSPS) is 15.3. The lowest BCUT2D eigenvalue weighted by atomic mass is 10.2. The van der Waals surface area contributed by atoms with Crippen molar-refractivity contribution in [2.24, 2.45) is 0 Å². The number of nitrogens with zero attached hydrogens (tertiary/aromatic N) is 5. The lowest BCUT2D eigenvalue weighted by molar-refractivity contribution is -0.126. The molecule has 1 atom stereocenters. The number of hydrogen-bond acceptors (Lipinski definition) is 6. The van der Waals surface area contributed by atoms with Crippen molar-refractivity contribution in [3.05, 3.63) is 24.5 Å². The van der Waals surface area contributed by atoms with Crippen molar-refractivity contribution in [3.8, 4) is 11.4 Å². The predicted molar refractivity (Wildman–Crippen MR) is 94.0 cm³/mol. The van der Waals surface area contributed by atoms with Gasteiger partial charge in [0.2, 0.25) is 5.91 Å². The van der Waals surface area contributed by atoms with Crippen LogP contribution in [0.3, 0.4) is 0 Å². The first-order valence-electron chi connectivity index (χ1n) is 8.21. The van der Waals surface area contributed by atoms with Crippen molar-refractivity contribution in [1.82, 2.24) is 30.0 Å². The summed E-state index contributed by atoms with van der Waals surface area (Å²) in [5, 5.41) is 11.5. The largest absolute Gasteiger partial charge is 0.336 e. The van der Waals surface area contributed by atoms with Crippen LogP contribution in [0.25, 0.3) is 11.4 Å². The van der Waals surface area contributed by atoms with E-state index in [4.69, 9.17) is 0 Å². The quantitative estimate of drug-likeness (QED) is 0.790. The van der Waals surface area contributed by atoms with Crippen LogP contribution in [0, 0.1) is 0 Å². The topological polar surface area (TPSA) is 93.0 Å². The van der Waals surface area contributed by atoms with Crippen molar-refractivity contribution in [3.63, 3.8) is 0 Å². The fraction of sp³-hybridized carbons (Fsp3) is 0.438. The maximum Gasteiger partial charge on any atom is 0.324 e. The van der Waals surface area contributed by atoms with Gasteiger partial charge in [-0.15, -0.1) is 10.2 Å². The molecule has 1 aliphatic heterocycles. The van der Waals surface area contributed by atoms with E-state index in [1.54, 1.807) is 19.3 Å². The van der Waals surface area contributed by atoms with Crippen LogP contribution >= 0.6 is 11.8 Å². The van der Waals surface area contributed by atoms with Gasteiger partial charge in [-0.3, -0.25) is 14.7 Å². The molecular weight excluding hydrogens is 340 g/mol. The van der Waals surface area contributed by atoms with E-state index in [9.17, 15) is 9.59 Å². The second kappa shape index (κ2) is 7.64. The molecule has 8 nitrogen and oxygen atoms in total. The van der Waals surface area contributed by atoms with E-state index < -0.39 is 5.25 Å². The summed E-state index contributed by atoms with van der Waals surface area (Å²) in [7, 11) is 0. The molecule has 132 valence electrons. The molecule has 9 heteroatoms. The Morgan fingerprint density at radius 3 is 2.76 bits per heavy atom. The first-order valence-corrected chi connectivity index (χ1v) is 9.09. The molecule has 3 amide bonds. The molecule has 2 aromatic heterocycles. The van der Waals surface area contributed by atoms with Crippen molar-refractivity contribution in [2.45, 2.75) is 37.2 Å². The second-order valence-electron chi connectivity index (χ2n) is 5.68. The van der Waals surface area contributed by atoms with Gasteiger partial charge in [0, 0.05) is 37.6 Å². The summed E-state index contributed by atoms with van der Waals surface area (Å²) < 4.78 is 2.01. The van der Waals surface area contributed by atoms with E-state index in [1.807, 2.05) is 16.7 Å². The fourth-order valence-electron chi connectivity index (χ4n) is 2.63. The van der Waals surface area contributed by atoms with Crippen molar-refractivity contribution < 1.29 is 9.59 Å². The third kappa shape index (κ3) is 3.65. The van der Waals surface area contributed by atoms with Crippen LogP contribution in [0.4, 0.5) is 4.79 Å². The van der Waals surface area contributed by atoms with E-state index in [2.05, 4.69) is 27.4 Å². The molecule has 0 aliphatic carbocycles. The van der Waals surface area contributed by atoms with Gasteiger partial charge in [0.05, 0.1) is 5.25 Å². The van der Waals surface area contributed by atoms with Crippen LogP contribution in [0.15, 0.2) is 29.7 Å². The van der Waals surface area contributed by atoms with Gasteiger partial charge >= 0.3 is 6.03 Å². The molecule has 3 heterocycles. The molecule has 0 bridgehead atoms. The highest BCUT2D eigenvalue weighted by Gasteiger charge is 2.31. The minimum Gasteiger partial charge on any atom is -0.336 e. The number of carbonyl (C=O) groups excluding carboxylic acids is 2. The van der Waals surface area contributed by atoms with Crippen LogP contribution in [0.1, 0.15) is 20.3 Å². The van der Waals surface area contributed by atoms with Gasteiger partial charge in [0.25, 0.3) is 0 Å². The molecule has 0 saturated carbocycles. The zero-order valence-corrected chi connectivity index (χ0v) is 15.0. The van der Waals surface area contributed by atoms with E-state index in [-0.39, 0.29) is 11.9 Å². The smallest absolute Gasteiger partial charge is 0.324 e. The third-order valence-corrected chi connectivity index (χ3v) is 4.92. The molecule has 25 heavy (non-hydrogen) atoms. The second-order valence-corrected chi connectivity index (χ2v) is 6.98. The number of imide groups is 1. The van der Waals surface area contributed by atoms with Crippen LogP contribution in [0.2, 0.25) is 0 Å². The first kappa shape index (κ1) is 17.4. The third-order valence-electron chi connectivity index (χ3n) is 3.86. The number of thioether (sulfide) groups is 1. The Bertz CT molecular complexity index is 763. The molecule has 1 aliphatic rings. The average Bonchev–Trinajstić information content (AvgIpc) is 3.22. The molecule has 0 spiro atoms. The van der Waals surface area contributed by atoms with Crippen LogP contribution in [-0.4, -0.2) is 54.9 Å². The Morgan fingerprint density at radius 1 is 1.36 bits per heavy atom. The Balaban J connectivity index is 1.81. The highest BCUT2D eigenvalue weighted by molar-refractivity contribution is 8.00. The van der Waals surface area contributed by atoms with Crippen LogP contribution < -0.4 is 5.32 Å². The number of aromatic nitrogens is 4. The fourth-order valence-corrected chi connectivity index (χ4v) is 3.56. The summed E-state index contributed by atoms with van der Waals surface area (Å²) in [6.45, 7) is 5.52. The van der Waals surface area contributed by atoms with Gasteiger partial charge in [-0.05, 0) is 25.5 Å². The Hall–Kier alpha value is -2.42. The van der Waals surface area contributed by atoms with E-state index in [0.717, 1.165) is 24.4 Å². The Kier molecular flexibility index (Phi) is 5.32. The van der Waals surface area contributed by atoms with Gasteiger partial charge in [-0.25, -0.2) is 4.79 Å². The number of carbonyl (C=O) groups is 2. The summed E-state index contributed by atoms with van der Waals surface area (Å²) in [4.78, 5) is 29.4. The molecule has 0 radical (unpaired) electrons. The van der Waals surface area contributed by atoms with Crippen LogP contribution in [-0.2, 0) is 11.3 Å². The number of urea groups is 1. The minimum atomic E-state index is -0.422. The van der Waals surface area contributed by atoms with Crippen LogP contribution in [0.5, 0.6) is 0 Å². The van der Waals surface area contributed by atoms with Crippen molar-refractivity contribution >= 4 is 23.7 Å². The number of hydrogen-bond donors (Lipinski definition) is 1. The average molecular weight is 360 g/mol. The van der Waals surface area contributed by atoms with Gasteiger partial charge in [-0.2, -0.15) is 0 Å². The monoisotopic (exact) mass is 360 g/mol. The number of pyridine rings is 1. The zero-order valence-electron chi connectivity index (χ0n) is 14.2. The SMILES string of the molecule is CCCn1c(S[C@@H](C)C(=O)N2CCNC2=O)nnc1-c1ccncc1. The van der Waals surface area contributed by atoms with Gasteiger partial charge in [-0.1, -0.05) is 18.7 Å². The highest BCUT2D eigenvalue weighted by atomic mass is 32.2. The molecule has 1 fully saturated rings. The Morgan fingerprint density at radius 2 is 2.12 bits per heavy atom. The van der Waals surface area contributed by atoms with Crippen molar-refractivity contribution in [1.29, 1.82) is 0 Å². The Labute approximate surface area is 150 Å². The maximum absolute atomic E-state index is 12.5. The molecule has 1 saturated heterocycles. The van der Waals surface area contributed by atoms with Gasteiger partial charge in [0.1, 0.15) is 0 Å². The molecule has 1 N–H and O–H groups in total. The summed E-state index contributed by atoms with van der Waals surface area (Å²) >= 11 is 1.33. The molecular formula is C16H20N6O2S. The first-order chi connectivity index (χ1) is 12.1. The van der Waals surface area contributed by atoms with E-state index >= 15 is 0 Å². The number of nitrogens with one attached hydrogen (secondary N) is 1. The maximum atomic E-state index is 12.5. The number of amides is 3. The minimum absolute atomic E-state index is 0.212. The van der Waals surface area contributed by atoms with Gasteiger partial charge in [0.15, 0.2) is 11.0 Å². The zero-order chi connectivity index (χ0) is 17.8. The lowest BCUT2D eigenvalue weighted by Crippen LogP contribution is -2.39. The van der Waals surface area contributed by atoms with E-state index in [1.165, 1.54) is 16.7 Å². The molecule has 0 aromatic carbocycles. The van der Waals surface area contributed by atoms with Gasteiger partial charge < -0.3 is 9.88 Å². The summed E-state index contributed by atoms with van der Waals surface area (Å²) in [6, 6.07) is 3.44. The molecule has 0 unspecified atom stereocenters. The molecule has 2 aromatic rings. The highest BCUT2D eigenvalue weighted by Crippen LogP contribution is 2.28. The lowest BCUT2D eigenvalue weighted by Gasteiger charge is -2.17. The van der Waals surface area contributed by atoms with Crippen molar-refractivity contribution in [2.75, 3.05) is 13.1 Å². The molecule has 3 rings (SSSR count). The summed E-state index contributed by atoms with van der Waals surface area (Å²) in [5.74, 6) is 0.543. The summed E-state index contributed by atoms with van der Waals surface area (Å²) in [5.41, 5.74) is 0.931. The predicted octanol–water partition coefficient (Wildman–Crippen LogP) is 1.78.